The molecule has 2 N–H and O–H groups in total. The van der Waals surface area contributed by atoms with E-state index in [9.17, 15) is 9.59 Å². The average molecular weight is 315 g/mol. The van der Waals surface area contributed by atoms with E-state index in [0.29, 0.717) is 17.0 Å². The normalized spacial score (nSPS) is 11.1. The van der Waals surface area contributed by atoms with Gasteiger partial charge in [-0.1, -0.05) is 35.5 Å². The number of hydrogen-bond donors (Lipinski definition) is 2. The van der Waals surface area contributed by atoms with E-state index in [4.69, 9.17) is 4.52 Å². The molecule has 1 aromatic carbocycles. The molecule has 0 aliphatic heterocycles. The maximum absolute atomic E-state index is 12.4. The minimum atomic E-state index is -0.383. The van der Waals surface area contributed by atoms with Gasteiger partial charge in [0.25, 0.3) is 5.91 Å². The minimum Gasteiger partial charge on any atom is -0.360 e. The first kappa shape index (κ1) is 16.7. The van der Waals surface area contributed by atoms with E-state index in [1.807, 2.05) is 51.1 Å². The van der Waals surface area contributed by atoms with Crippen LogP contribution in [0.5, 0.6) is 0 Å². The van der Waals surface area contributed by atoms with E-state index in [0.717, 1.165) is 5.56 Å². The third-order valence-electron chi connectivity index (χ3n) is 3.06. The van der Waals surface area contributed by atoms with E-state index in [1.165, 1.54) is 0 Å². The molecule has 6 heteroatoms. The first-order valence-electron chi connectivity index (χ1n) is 7.39. The zero-order valence-corrected chi connectivity index (χ0v) is 13.8. The summed E-state index contributed by atoms with van der Waals surface area (Å²) in [7, 11) is 0. The molecule has 2 rings (SSSR count). The number of hydrogen-bond acceptors (Lipinski definition) is 4. The molecule has 0 spiro atoms. The molecular formula is C17H21N3O3. The third kappa shape index (κ3) is 4.42. The second kappa shape index (κ2) is 6.64. The van der Waals surface area contributed by atoms with Gasteiger partial charge in [-0.2, -0.15) is 0 Å². The second-order valence-electron chi connectivity index (χ2n) is 6.31. The predicted octanol–water partition coefficient (Wildman–Crippen LogP) is 2.29. The molecule has 0 unspecified atom stereocenters. The molecule has 23 heavy (non-hydrogen) atoms. The van der Waals surface area contributed by atoms with Crippen LogP contribution in [0.2, 0.25) is 0 Å². The van der Waals surface area contributed by atoms with Gasteiger partial charge >= 0.3 is 0 Å². The standard InChI is InChI=1S/C17H21N3O3/c1-11-14(15(20-23-11)12-8-6-5-7-9-12)16(22)18-10-13(21)19-17(2,3)4/h5-9H,10H2,1-4H3,(H,18,22)(H,19,21). The molecule has 0 aliphatic carbocycles. The Balaban J connectivity index is 2.12. The molecule has 0 atom stereocenters. The van der Waals surface area contributed by atoms with Gasteiger partial charge in [0.2, 0.25) is 5.91 Å². The van der Waals surface area contributed by atoms with Crippen LogP contribution in [0, 0.1) is 6.92 Å². The molecule has 0 fully saturated rings. The minimum absolute atomic E-state index is 0.102. The smallest absolute Gasteiger partial charge is 0.257 e. The number of carbonyl (C=O) groups excluding carboxylic acids is 2. The Labute approximate surface area is 135 Å². The van der Waals surface area contributed by atoms with Crippen molar-refractivity contribution in [1.82, 2.24) is 15.8 Å². The number of nitrogens with one attached hydrogen (secondary N) is 2. The number of rotatable bonds is 4. The molecule has 0 aliphatic rings. The van der Waals surface area contributed by atoms with Crippen molar-refractivity contribution in [2.75, 3.05) is 6.54 Å². The van der Waals surface area contributed by atoms with Crippen molar-refractivity contribution in [2.45, 2.75) is 33.2 Å². The number of aromatic nitrogens is 1. The van der Waals surface area contributed by atoms with Crippen molar-refractivity contribution in [3.63, 3.8) is 0 Å². The Morgan fingerprint density at radius 3 is 2.43 bits per heavy atom. The molecule has 0 radical (unpaired) electrons. The highest BCUT2D eigenvalue weighted by atomic mass is 16.5. The van der Waals surface area contributed by atoms with Gasteiger partial charge in [0, 0.05) is 11.1 Å². The van der Waals surface area contributed by atoms with E-state index in [1.54, 1.807) is 6.92 Å². The zero-order chi connectivity index (χ0) is 17.0. The Kier molecular flexibility index (Phi) is 4.83. The molecule has 1 aromatic heterocycles. The summed E-state index contributed by atoms with van der Waals surface area (Å²) in [6.07, 6.45) is 0. The van der Waals surface area contributed by atoms with Gasteiger partial charge in [0.15, 0.2) is 0 Å². The summed E-state index contributed by atoms with van der Waals surface area (Å²) in [5.41, 5.74) is 1.26. The largest absolute Gasteiger partial charge is 0.360 e. The van der Waals surface area contributed by atoms with Crippen LogP contribution in [0.3, 0.4) is 0 Å². The van der Waals surface area contributed by atoms with E-state index < -0.39 is 0 Å². The number of benzene rings is 1. The fourth-order valence-corrected chi connectivity index (χ4v) is 2.14. The summed E-state index contributed by atoms with van der Waals surface area (Å²) in [6, 6.07) is 9.30. The fraction of sp³-hybridized carbons (Fsp3) is 0.353. The molecule has 2 amide bonds. The summed E-state index contributed by atoms with van der Waals surface area (Å²) in [6.45, 7) is 7.21. The number of amides is 2. The Morgan fingerprint density at radius 1 is 1.17 bits per heavy atom. The second-order valence-corrected chi connectivity index (χ2v) is 6.31. The van der Waals surface area contributed by atoms with Crippen molar-refractivity contribution in [2.24, 2.45) is 0 Å². The molecule has 0 saturated heterocycles. The van der Waals surface area contributed by atoms with Crippen LogP contribution in [0.1, 0.15) is 36.9 Å². The van der Waals surface area contributed by atoms with Crippen LogP contribution >= 0.6 is 0 Å². The highest BCUT2D eigenvalue weighted by Crippen LogP contribution is 2.24. The van der Waals surface area contributed by atoms with Gasteiger partial charge in [-0.3, -0.25) is 9.59 Å². The van der Waals surface area contributed by atoms with Gasteiger partial charge in [0.1, 0.15) is 17.0 Å². The highest BCUT2D eigenvalue weighted by Gasteiger charge is 2.22. The lowest BCUT2D eigenvalue weighted by molar-refractivity contribution is -0.121. The van der Waals surface area contributed by atoms with Crippen LogP contribution in [-0.4, -0.2) is 29.1 Å². The molecule has 0 bridgehead atoms. The average Bonchev–Trinajstić information content (AvgIpc) is 2.86. The van der Waals surface area contributed by atoms with Crippen LogP contribution in [0.4, 0.5) is 0 Å². The summed E-state index contributed by atoms with van der Waals surface area (Å²) in [4.78, 5) is 24.2. The zero-order valence-electron chi connectivity index (χ0n) is 13.8. The van der Waals surface area contributed by atoms with Crippen molar-refractivity contribution in [1.29, 1.82) is 0 Å². The number of carbonyl (C=O) groups is 2. The summed E-state index contributed by atoms with van der Waals surface area (Å²) < 4.78 is 5.15. The van der Waals surface area contributed by atoms with Crippen molar-refractivity contribution in [3.8, 4) is 11.3 Å². The molecule has 0 saturated carbocycles. The lowest BCUT2D eigenvalue weighted by Gasteiger charge is -2.20. The monoisotopic (exact) mass is 315 g/mol. The van der Waals surface area contributed by atoms with Crippen molar-refractivity contribution in [3.05, 3.63) is 41.7 Å². The van der Waals surface area contributed by atoms with E-state index >= 15 is 0 Å². The van der Waals surface area contributed by atoms with Gasteiger partial charge in [-0.15, -0.1) is 0 Å². The quantitative estimate of drug-likeness (QED) is 0.906. The Morgan fingerprint density at radius 2 is 1.83 bits per heavy atom. The third-order valence-corrected chi connectivity index (χ3v) is 3.06. The Bertz CT molecular complexity index is 700. The van der Waals surface area contributed by atoms with Crippen LogP contribution in [0.15, 0.2) is 34.9 Å². The van der Waals surface area contributed by atoms with Crippen molar-refractivity contribution >= 4 is 11.8 Å². The summed E-state index contributed by atoms with van der Waals surface area (Å²) in [5.74, 6) is -0.217. The van der Waals surface area contributed by atoms with Crippen LogP contribution in [-0.2, 0) is 4.79 Å². The van der Waals surface area contributed by atoms with Gasteiger partial charge < -0.3 is 15.2 Å². The van der Waals surface area contributed by atoms with E-state index in [2.05, 4.69) is 15.8 Å². The summed E-state index contributed by atoms with van der Waals surface area (Å²) in [5, 5.41) is 9.35. The first-order valence-corrected chi connectivity index (χ1v) is 7.39. The fourth-order valence-electron chi connectivity index (χ4n) is 2.14. The maximum Gasteiger partial charge on any atom is 0.257 e. The topological polar surface area (TPSA) is 84.2 Å². The summed E-state index contributed by atoms with van der Waals surface area (Å²) >= 11 is 0. The van der Waals surface area contributed by atoms with Crippen LogP contribution < -0.4 is 10.6 Å². The van der Waals surface area contributed by atoms with Gasteiger partial charge in [-0.05, 0) is 27.7 Å². The Hall–Kier alpha value is -2.63. The van der Waals surface area contributed by atoms with Gasteiger partial charge in [-0.25, -0.2) is 0 Å². The number of aryl methyl sites for hydroxylation is 1. The first-order chi connectivity index (χ1) is 10.8. The molecule has 2 aromatic rings. The highest BCUT2D eigenvalue weighted by molar-refractivity contribution is 6.02. The lowest BCUT2D eigenvalue weighted by atomic mass is 10.1. The van der Waals surface area contributed by atoms with Crippen molar-refractivity contribution < 1.29 is 14.1 Å². The molecule has 6 nitrogen and oxygen atoms in total. The van der Waals surface area contributed by atoms with Gasteiger partial charge in [0.05, 0.1) is 6.54 Å². The lowest BCUT2D eigenvalue weighted by Crippen LogP contribution is -2.45. The molecular weight excluding hydrogens is 294 g/mol. The molecule has 122 valence electrons. The predicted molar refractivity (Wildman–Crippen MR) is 86.9 cm³/mol. The molecule has 1 heterocycles. The van der Waals surface area contributed by atoms with Crippen LogP contribution in [0.25, 0.3) is 11.3 Å². The number of nitrogens with zero attached hydrogens (tertiary/aromatic N) is 1. The maximum atomic E-state index is 12.4. The SMILES string of the molecule is Cc1onc(-c2ccccc2)c1C(=O)NCC(=O)NC(C)(C)C. The van der Waals surface area contributed by atoms with E-state index in [-0.39, 0.29) is 23.9 Å².